The lowest BCUT2D eigenvalue weighted by molar-refractivity contribution is 0.102. The van der Waals surface area contributed by atoms with E-state index in [0.29, 0.717) is 39.4 Å². The van der Waals surface area contributed by atoms with Gasteiger partial charge in [-0.2, -0.15) is 0 Å². The molecule has 7 nitrogen and oxygen atoms in total. The van der Waals surface area contributed by atoms with Crippen LogP contribution in [0.4, 0.5) is 5.69 Å². The Kier molecular flexibility index (Phi) is 4.49. The summed E-state index contributed by atoms with van der Waals surface area (Å²) >= 11 is 0. The van der Waals surface area contributed by atoms with Gasteiger partial charge in [0.15, 0.2) is 11.5 Å². The Hall–Kier alpha value is -3.74. The van der Waals surface area contributed by atoms with Crippen molar-refractivity contribution in [3.05, 3.63) is 54.4 Å². The van der Waals surface area contributed by atoms with Gasteiger partial charge >= 0.3 is 0 Å². The summed E-state index contributed by atoms with van der Waals surface area (Å²) in [7, 11) is 4.60. The zero-order valence-corrected chi connectivity index (χ0v) is 15.7. The zero-order chi connectivity index (χ0) is 19.7. The fourth-order valence-corrected chi connectivity index (χ4v) is 3.33. The molecule has 0 radical (unpaired) electrons. The second-order valence-corrected chi connectivity index (χ2v) is 6.11. The van der Waals surface area contributed by atoms with Crippen LogP contribution in [0.25, 0.3) is 21.8 Å². The highest BCUT2D eigenvalue weighted by Gasteiger charge is 2.23. The number of ether oxygens (including phenoxy) is 3. The van der Waals surface area contributed by atoms with Crippen LogP contribution in [0.5, 0.6) is 17.2 Å². The molecule has 0 aliphatic rings. The molecule has 1 amide bonds. The molecule has 2 aromatic carbocycles. The van der Waals surface area contributed by atoms with E-state index >= 15 is 0 Å². The number of fused-ring (bicyclic) bond motifs is 2. The van der Waals surface area contributed by atoms with Crippen molar-refractivity contribution < 1.29 is 19.0 Å². The van der Waals surface area contributed by atoms with Gasteiger partial charge in [0.1, 0.15) is 0 Å². The third-order valence-corrected chi connectivity index (χ3v) is 4.60. The van der Waals surface area contributed by atoms with Gasteiger partial charge in [-0.05, 0) is 12.1 Å². The summed E-state index contributed by atoms with van der Waals surface area (Å²) in [6.07, 6.45) is 3.34. The summed E-state index contributed by atoms with van der Waals surface area (Å²) in [5, 5.41) is 4.51. The number of aromatic amines is 1. The van der Waals surface area contributed by atoms with Crippen molar-refractivity contribution in [2.75, 3.05) is 26.6 Å². The van der Waals surface area contributed by atoms with Crippen molar-refractivity contribution in [1.29, 1.82) is 0 Å². The van der Waals surface area contributed by atoms with E-state index in [1.807, 2.05) is 30.3 Å². The predicted octanol–water partition coefficient (Wildman–Crippen LogP) is 3.99. The highest BCUT2D eigenvalue weighted by atomic mass is 16.5. The number of hydrogen-bond acceptors (Lipinski definition) is 5. The molecule has 4 rings (SSSR count). The molecule has 28 heavy (non-hydrogen) atoms. The first-order valence-electron chi connectivity index (χ1n) is 8.63. The lowest BCUT2D eigenvalue weighted by atomic mass is 10.1. The number of pyridine rings is 1. The first-order chi connectivity index (χ1) is 13.7. The van der Waals surface area contributed by atoms with Gasteiger partial charge in [-0.15, -0.1) is 0 Å². The summed E-state index contributed by atoms with van der Waals surface area (Å²) in [6, 6.07) is 11.2. The number of nitrogens with one attached hydrogen (secondary N) is 2. The van der Waals surface area contributed by atoms with Gasteiger partial charge < -0.3 is 24.5 Å². The standard InChI is InChI=1S/C21H19N3O4/c1-26-16-10-15-17(20(28-3)19(16)27-2)13(11-23-15)21(25)24-14-8-4-6-12-7-5-9-22-18(12)14/h4-11,23H,1-3H3,(H,24,25). The van der Waals surface area contributed by atoms with Crippen molar-refractivity contribution in [3.63, 3.8) is 0 Å². The Morgan fingerprint density at radius 1 is 1.04 bits per heavy atom. The minimum absolute atomic E-state index is 0.282. The van der Waals surface area contributed by atoms with Gasteiger partial charge in [-0.3, -0.25) is 9.78 Å². The summed E-state index contributed by atoms with van der Waals surface area (Å²) in [5.74, 6) is 1.09. The molecule has 0 fully saturated rings. The number of nitrogens with zero attached hydrogens (tertiary/aromatic N) is 1. The average Bonchev–Trinajstić information content (AvgIpc) is 3.16. The van der Waals surface area contributed by atoms with E-state index in [2.05, 4.69) is 15.3 Å². The summed E-state index contributed by atoms with van der Waals surface area (Å²) in [6.45, 7) is 0. The molecule has 0 atom stereocenters. The Bertz CT molecular complexity index is 1180. The molecule has 0 spiro atoms. The number of carbonyl (C=O) groups excluding carboxylic acids is 1. The van der Waals surface area contributed by atoms with Crippen LogP contribution in [0.15, 0.2) is 48.8 Å². The number of rotatable bonds is 5. The highest BCUT2D eigenvalue weighted by Crippen LogP contribution is 2.44. The SMILES string of the molecule is COc1cc2[nH]cc(C(=O)Nc3cccc4cccnc34)c2c(OC)c1OC. The van der Waals surface area contributed by atoms with Crippen molar-refractivity contribution in [3.8, 4) is 17.2 Å². The number of hydrogen-bond donors (Lipinski definition) is 2. The topological polar surface area (TPSA) is 85.5 Å². The van der Waals surface area contributed by atoms with E-state index in [0.717, 1.165) is 10.9 Å². The average molecular weight is 377 g/mol. The molecule has 0 aliphatic heterocycles. The maximum atomic E-state index is 13.1. The van der Waals surface area contributed by atoms with Crippen LogP contribution in [-0.4, -0.2) is 37.2 Å². The second kappa shape index (κ2) is 7.11. The zero-order valence-electron chi connectivity index (χ0n) is 15.7. The van der Waals surface area contributed by atoms with Crippen molar-refractivity contribution in [1.82, 2.24) is 9.97 Å². The number of carbonyl (C=O) groups is 1. The second-order valence-electron chi connectivity index (χ2n) is 6.11. The molecule has 0 unspecified atom stereocenters. The minimum atomic E-state index is -0.282. The molecule has 0 saturated heterocycles. The van der Waals surface area contributed by atoms with Crippen LogP contribution in [-0.2, 0) is 0 Å². The molecule has 0 aliphatic carbocycles. The summed E-state index contributed by atoms with van der Waals surface area (Å²) in [4.78, 5) is 20.5. The molecular weight excluding hydrogens is 358 g/mol. The Balaban J connectivity index is 1.81. The van der Waals surface area contributed by atoms with Crippen molar-refractivity contribution >= 4 is 33.4 Å². The van der Waals surface area contributed by atoms with E-state index in [1.54, 1.807) is 25.6 Å². The molecule has 2 heterocycles. The van der Waals surface area contributed by atoms with Crippen LogP contribution in [0.3, 0.4) is 0 Å². The lowest BCUT2D eigenvalue weighted by Gasteiger charge is -2.14. The van der Waals surface area contributed by atoms with Crippen LogP contribution >= 0.6 is 0 Å². The van der Waals surface area contributed by atoms with Gasteiger partial charge in [0.25, 0.3) is 5.91 Å². The Morgan fingerprint density at radius 3 is 2.57 bits per heavy atom. The number of methoxy groups -OCH3 is 3. The third kappa shape index (κ3) is 2.77. The van der Waals surface area contributed by atoms with E-state index in [4.69, 9.17) is 14.2 Å². The lowest BCUT2D eigenvalue weighted by Crippen LogP contribution is -2.12. The molecule has 142 valence electrons. The van der Waals surface area contributed by atoms with Gasteiger partial charge in [-0.1, -0.05) is 18.2 Å². The van der Waals surface area contributed by atoms with Gasteiger partial charge in [0, 0.05) is 23.8 Å². The van der Waals surface area contributed by atoms with Crippen LogP contribution in [0, 0.1) is 0 Å². The maximum Gasteiger partial charge on any atom is 0.258 e. The van der Waals surface area contributed by atoms with Crippen molar-refractivity contribution in [2.24, 2.45) is 0 Å². The van der Waals surface area contributed by atoms with E-state index in [-0.39, 0.29) is 5.91 Å². The third-order valence-electron chi connectivity index (χ3n) is 4.60. The predicted molar refractivity (Wildman–Crippen MR) is 108 cm³/mol. The van der Waals surface area contributed by atoms with Gasteiger partial charge in [-0.25, -0.2) is 0 Å². The Labute approximate surface area is 161 Å². The fraction of sp³-hybridized carbons (Fsp3) is 0.143. The smallest absolute Gasteiger partial charge is 0.258 e. The first-order valence-corrected chi connectivity index (χ1v) is 8.63. The number of anilines is 1. The van der Waals surface area contributed by atoms with Crippen molar-refractivity contribution in [2.45, 2.75) is 0 Å². The van der Waals surface area contributed by atoms with Gasteiger partial charge in [0.2, 0.25) is 5.75 Å². The van der Waals surface area contributed by atoms with Crippen LogP contribution in [0.1, 0.15) is 10.4 Å². The first kappa shape index (κ1) is 17.7. The van der Waals surface area contributed by atoms with E-state index in [9.17, 15) is 4.79 Å². The van der Waals surface area contributed by atoms with Crippen LogP contribution in [0.2, 0.25) is 0 Å². The van der Waals surface area contributed by atoms with Gasteiger partial charge in [0.05, 0.1) is 49.0 Å². The van der Waals surface area contributed by atoms with E-state index < -0.39 is 0 Å². The summed E-state index contributed by atoms with van der Waals surface area (Å²) < 4.78 is 16.4. The fourth-order valence-electron chi connectivity index (χ4n) is 3.33. The number of H-pyrrole nitrogens is 1. The number of para-hydroxylation sites is 1. The number of amides is 1. The molecule has 7 heteroatoms. The normalized spacial score (nSPS) is 10.8. The largest absolute Gasteiger partial charge is 0.493 e. The molecule has 0 saturated carbocycles. The monoisotopic (exact) mass is 377 g/mol. The molecule has 0 bridgehead atoms. The summed E-state index contributed by atoms with van der Waals surface area (Å²) in [5.41, 5.74) is 2.50. The van der Waals surface area contributed by atoms with Crippen LogP contribution < -0.4 is 19.5 Å². The molecule has 4 aromatic rings. The molecule has 2 N–H and O–H groups in total. The van der Waals surface area contributed by atoms with E-state index in [1.165, 1.54) is 14.2 Å². The molecular formula is C21H19N3O4. The highest BCUT2D eigenvalue weighted by molar-refractivity contribution is 6.16. The maximum absolute atomic E-state index is 13.1. The minimum Gasteiger partial charge on any atom is -0.493 e. The Morgan fingerprint density at radius 2 is 1.82 bits per heavy atom. The molecule has 2 aromatic heterocycles. The number of benzene rings is 2. The quantitative estimate of drug-likeness (QED) is 0.549. The number of aromatic nitrogens is 2.